The Morgan fingerprint density at radius 3 is 1.36 bits per heavy atom. The largest absolute Gasteiger partial charge is 0.493 e. The molecule has 17 heteroatoms. The molecule has 6 rings (SSSR count). The molecule has 0 atom stereocenters. The summed E-state index contributed by atoms with van der Waals surface area (Å²) in [4.78, 5) is 29.6. The highest BCUT2D eigenvalue weighted by molar-refractivity contribution is 6.31. The molecule has 0 saturated carbocycles. The third kappa shape index (κ3) is 19.0. The molecule has 4 heterocycles. The second-order valence-electron chi connectivity index (χ2n) is 18.6. The molecule has 0 spiro atoms. The minimum absolute atomic E-state index is 0. The number of ether oxygens (including phenoxy) is 4. The second-order valence-corrected chi connectivity index (χ2v) is 19.5. The molecular weight excluding hydrogens is 915 g/mol. The zero-order valence-corrected chi connectivity index (χ0v) is 43.3. The van der Waals surface area contributed by atoms with Crippen LogP contribution in [0.3, 0.4) is 0 Å². The van der Waals surface area contributed by atoms with Gasteiger partial charge >= 0.3 is 12.2 Å². The normalized spacial score (nSPS) is 14.9. The van der Waals surface area contributed by atoms with Gasteiger partial charge in [0.1, 0.15) is 11.5 Å². The van der Waals surface area contributed by atoms with E-state index in [1.54, 1.807) is 0 Å². The summed E-state index contributed by atoms with van der Waals surface area (Å²) in [6, 6.07) is 14.9. The van der Waals surface area contributed by atoms with Crippen LogP contribution in [0, 0.1) is 37.5 Å². The van der Waals surface area contributed by atoms with Gasteiger partial charge in [0.2, 0.25) is 0 Å². The number of hydrogen-bond donors (Lipinski definition) is 2. The number of piperidine rings is 2. The topological polar surface area (TPSA) is 137 Å². The molecule has 0 unspecified atom stereocenters. The summed E-state index contributed by atoms with van der Waals surface area (Å²) in [6.07, 6.45) is 5.73. The molecule has 2 amide bonds. The lowest BCUT2D eigenvalue weighted by Gasteiger charge is -2.31. The van der Waals surface area contributed by atoms with E-state index in [0.29, 0.717) is 84.9 Å². The average Bonchev–Trinajstić information content (AvgIpc) is 3.80. The third-order valence-corrected chi connectivity index (χ3v) is 12.1. The molecule has 0 aliphatic carbocycles. The smallest absolute Gasteiger partial charge is 0.412 e. The van der Waals surface area contributed by atoms with Crippen molar-refractivity contribution < 1.29 is 28.5 Å². The first kappa shape index (κ1) is 55.4. The van der Waals surface area contributed by atoms with E-state index in [-0.39, 0.29) is 12.4 Å². The fourth-order valence-electron chi connectivity index (χ4n) is 7.98. The molecule has 14 nitrogen and oxygen atoms in total. The van der Waals surface area contributed by atoms with E-state index in [1.807, 2.05) is 71.7 Å². The molecule has 0 bridgehead atoms. The number of aromatic nitrogens is 4. The van der Waals surface area contributed by atoms with Crippen LogP contribution in [0.25, 0.3) is 0 Å². The predicted octanol–water partition coefficient (Wildman–Crippen LogP) is 11.6. The maximum atomic E-state index is 12.3. The fourth-order valence-corrected chi connectivity index (χ4v) is 8.37. The Balaban J connectivity index is 0.000000288. The van der Waals surface area contributed by atoms with E-state index < -0.39 is 12.2 Å². The zero-order valence-electron chi connectivity index (χ0n) is 41.0. The van der Waals surface area contributed by atoms with Crippen molar-refractivity contribution >= 4 is 59.4 Å². The van der Waals surface area contributed by atoms with Gasteiger partial charge in [-0.25, -0.2) is 9.59 Å². The summed E-state index contributed by atoms with van der Waals surface area (Å²) >= 11 is 12.4. The number of carbonyl (C=O) groups excluding carboxylic acids is 2. The maximum Gasteiger partial charge on any atom is 0.412 e. The molecule has 2 aromatic carbocycles. The molecule has 372 valence electrons. The summed E-state index contributed by atoms with van der Waals surface area (Å²) < 4.78 is 26.5. The lowest BCUT2D eigenvalue weighted by atomic mass is 9.98. The third-order valence-electron chi connectivity index (χ3n) is 11.6. The van der Waals surface area contributed by atoms with Crippen molar-refractivity contribution in [2.75, 3.05) is 76.3 Å². The van der Waals surface area contributed by atoms with Gasteiger partial charge < -0.3 is 28.7 Å². The second kappa shape index (κ2) is 28.3. The van der Waals surface area contributed by atoms with Gasteiger partial charge in [0.25, 0.3) is 0 Å². The molecule has 2 aliphatic heterocycles. The lowest BCUT2D eigenvalue weighted by molar-refractivity contribution is 0.105. The van der Waals surface area contributed by atoms with Crippen LogP contribution < -0.4 is 20.1 Å². The lowest BCUT2D eigenvalue weighted by Crippen LogP contribution is -2.36. The Morgan fingerprint density at radius 1 is 0.642 bits per heavy atom. The number of hydrogen-bond acceptors (Lipinski definition) is 10. The summed E-state index contributed by atoms with van der Waals surface area (Å²) in [5, 5.41) is 15.9. The molecule has 2 aliphatic rings. The Hall–Kier alpha value is -4.21. The van der Waals surface area contributed by atoms with Crippen LogP contribution in [-0.4, -0.2) is 107 Å². The molecular formula is C50H75Cl3N8O6. The number of anilines is 2. The van der Waals surface area contributed by atoms with E-state index >= 15 is 0 Å². The number of benzene rings is 2. The SMILES string of the molecule is CCCN1CCC(COC(=O)Nc2cc(C)n(Cc3cc(Cl)ccc3OCC(C)C)n2)CC1.CCCN1CCC(COC(=O)Nc2cc(C)n(Cc3cc(Cl)ccc3OCC(C)C)n2)CC1.Cl. The Bertz CT molecular complexity index is 1970. The molecule has 2 saturated heterocycles. The molecule has 2 N–H and O–H groups in total. The van der Waals surface area contributed by atoms with Crippen LogP contribution in [0.2, 0.25) is 10.0 Å². The van der Waals surface area contributed by atoms with Gasteiger partial charge in [0, 0.05) is 44.7 Å². The van der Waals surface area contributed by atoms with Crippen LogP contribution in [-0.2, 0) is 22.6 Å². The van der Waals surface area contributed by atoms with E-state index in [9.17, 15) is 9.59 Å². The van der Waals surface area contributed by atoms with Gasteiger partial charge in [-0.2, -0.15) is 10.2 Å². The highest BCUT2D eigenvalue weighted by Crippen LogP contribution is 2.27. The minimum atomic E-state index is -0.459. The number of amides is 2. The van der Waals surface area contributed by atoms with Gasteiger partial charge in [-0.15, -0.1) is 12.4 Å². The number of halogens is 3. The molecule has 2 aromatic heterocycles. The predicted molar refractivity (Wildman–Crippen MR) is 272 cm³/mol. The van der Waals surface area contributed by atoms with Crippen molar-refractivity contribution in [2.45, 2.75) is 107 Å². The summed E-state index contributed by atoms with van der Waals surface area (Å²) in [7, 11) is 0. The first-order valence-corrected chi connectivity index (χ1v) is 24.7. The van der Waals surface area contributed by atoms with E-state index in [4.69, 9.17) is 42.1 Å². The zero-order chi connectivity index (χ0) is 47.6. The molecule has 0 radical (unpaired) electrons. The number of aryl methyl sites for hydroxylation is 2. The van der Waals surface area contributed by atoms with Crippen LogP contribution in [0.15, 0.2) is 48.5 Å². The average molecular weight is 991 g/mol. The van der Waals surface area contributed by atoms with Crippen molar-refractivity contribution in [1.29, 1.82) is 0 Å². The highest BCUT2D eigenvalue weighted by Gasteiger charge is 2.22. The van der Waals surface area contributed by atoms with Crippen molar-refractivity contribution in [2.24, 2.45) is 23.7 Å². The number of likely N-dealkylation sites (tertiary alicyclic amines) is 2. The summed E-state index contributed by atoms with van der Waals surface area (Å²) in [5.74, 6) is 4.23. The minimum Gasteiger partial charge on any atom is -0.493 e. The standard InChI is InChI=1S/2C25H37ClN4O3.ClH/c2*1-5-10-29-11-8-20(9-12-29)17-33-25(31)27-24-13-19(4)30(28-24)15-21-14-22(26)6-7-23(21)32-16-18(2)3;/h2*6-7,13-14,18,20H,5,8-12,15-17H2,1-4H3,(H,27,28,31);1H. The quantitative estimate of drug-likeness (QED) is 0.0880. The van der Waals surface area contributed by atoms with Crippen molar-refractivity contribution in [3.63, 3.8) is 0 Å². The van der Waals surface area contributed by atoms with Crippen LogP contribution in [0.1, 0.15) is 103 Å². The first-order chi connectivity index (χ1) is 31.7. The van der Waals surface area contributed by atoms with E-state index in [1.165, 1.54) is 12.8 Å². The summed E-state index contributed by atoms with van der Waals surface area (Å²) in [5.41, 5.74) is 3.72. The van der Waals surface area contributed by atoms with Gasteiger partial charge in [-0.05, 0) is 152 Å². The van der Waals surface area contributed by atoms with Crippen LogP contribution in [0.4, 0.5) is 21.2 Å². The van der Waals surface area contributed by atoms with Crippen molar-refractivity contribution in [1.82, 2.24) is 29.4 Å². The van der Waals surface area contributed by atoms with Crippen molar-refractivity contribution in [3.8, 4) is 11.5 Å². The maximum absolute atomic E-state index is 12.3. The fraction of sp³-hybridized carbons (Fsp3) is 0.600. The number of nitrogens with zero attached hydrogens (tertiary/aromatic N) is 6. The molecule has 2 fully saturated rings. The van der Waals surface area contributed by atoms with E-state index in [0.717, 1.165) is 99.0 Å². The molecule has 67 heavy (non-hydrogen) atoms. The van der Waals surface area contributed by atoms with Crippen molar-refractivity contribution in [3.05, 3.63) is 81.1 Å². The van der Waals surface area contributed by atoms with Crippen LogP contribution in [0.5, 0.6) is 11.5 Å². The van der Waals surface area contributed by atoms with Gasteiger partial charge in [-0.1, -0.05) is 64.7 Å². The Morgan fingerprint density at radius 2 is 1.01 bits per heavy atom. The number of nitrogens with one attached hydrogen (secondary N) is 2. The highest BCUT2D eigenvalue weighted by atomic mass is 35.5. The summed E-state index contributed by atoms with van der Waals surface area (Å²) in [6.45, 7) is 26.5. The number of carbonyl (C=O) groups is 2. The van der Waals surface area contributed by atoms with Crippen LogP contribution >= 0.6 is 35.6 Å². The van der Waals surface area contributed by atoms with Gasteiger partial charge in [-0.3, -0.25) is 20.0 Å². The van der Waals surface area contributed by atoms with Gasteiger partial charge in [0.05, 0.1) is 39.5 Å². The Labute approximate surface area is 415 Å². The monoisotopic (exact) mass is 988 g/mol. The number of rotatable bonds is 20. The Kier molecular flexibility index (Phi) is 23.4. The first-order valence-electron chi connectivity index (χ1n) is 23.9. The molecule has 4 aromatic rings. The van der Waals surface area contributed by atoms with E-state index in [2.05, 4.69) is 72.2 Å². The van der Waals surface area contributed by atoms with Gasteiger partial charge in [0.15, 0.2) is 11.6 Å².